The van der Waals surface area contributed by atoms with Gasteiger partial charge in [-0.1, -0.05) is 11.6 Å². The first-order valence-corrected chi connectivity index (χ1v) is 7.06. The summed E-state index contributed by atoms with van der Waals surface area (Å²) in [5, 5.41) is 15.1. The van der Waals surface area contributed by atoms with Gasteiger partial charge in [0.2, 0.25) is 10.0 Å². The molecule has 0 fully saturated rings. The maximum absolute atomic E-state index is 12.1. The molecule has 1 aromatic heterocycles. The van der Waals surface area contributed by atoms with Gasteiger partial charge in [-0.2, -0.15) is 10.4 Å². The SMILES string of the molecule is N#Cc1ccc(Cl)c(S(=O)(=O)NCc2cn[nH]c2)c1. The Morgan fingerprint density at radius 1 is 1.47 bits per heavy atom. The highest BCUT2D eigenvalue weighted by Gasteiger charge is 2.18. The van der Waals surface area contributed by atoms with Crippen LogP contribution >= 0.6 is 11.6 Å². The number of halogens is 1. The smallest absolute Gasteiger partial charge is 0.242 e. The predicted molar refractivity (Wildman–Crippen MR) is 68.8 cm³/mol. The Kier molecular flexibility index (Phi) is 3.85. The average molecular weight is 297 g/mol. The molecule has 0 radical (unpaired) electrons. The lowest BCUT2D eigenvalue weighted by atomic mass is 10.2. The molecule has 2 N–H and O–H groups in total. The summed E-state index contributed by atoms with van der Waals surface area (Å²) >= 11 is 5.85. The molecule has 0 amide bonds. The van der Waals surface area contributed by atoms with Crippen molar-refractivity contribution in [2.24, 2.45) is 0 Å². The number of nitrogens with zero attached hydrogens (tertiary/aromatic N) is 2. The number of hydrogen-bond donors (Lipinski definition) is 2. The summed E-state index contributed by atoms with van der Waals surface area (Å²) in [7, 11) is -3.77. The number of nitrogens with one attached hydrogen (secondary N) is 2. The van der Waals surface area contributed by atoms with Gasteiger partial charge in [0.15, 0.2) is 0 Å². The van der Waals surface area contributed by atoms with Crippen LogP contribution in [0.5, 0.6) is 0 Å². The Morgan fingerprint density at radius 2 is 2.26 bits per heavy atom. The molecule has 19 heavy (non-hydrogen) atoms. The molecule has 8 heteroatoms. The summed E-state index contributed by atoms with van der Waals surface area (Å²) in [6.45, 7) is 0.0892. The largest absolute Gasteiger partial charge is 0.285 e. The molecule has 0 aliphatic heterocycles. The number of aromatic nitrogens is 2. The van der Waals surface area contributed by atoms with Crippen molar-refractivity contribution in [2.75, 3.05) is 0 Å². The van der Waals surface area contributed by atoms with Crippen LogP contribution in [0.2, 0.25) is 5.02 Å². The minimum Gasteiger partial charge on any atom is -0.285 e. The average Bonchev–Trinajstić information content (AvgIpc) is 2.90. The first kappa shape index (κ1) is 13.5. The fraction of sp³-hybridized carbons (Fsp3) is 0.0909. The number of H-pyrrole nitrogens is 1. The van der Waals surface area contributed by atoms with E-state index in [9.17, 15) is 8.42 Å². The lowest BCUT2D eigenvalue weighted by molar-refractivity contribution is 0.581. The number of nitriles is 1. The molecule has 0 unspecified atom stereocenters. The Labute approximate surface area is 115 Å². The third kappa shape index (κ3) is 3.12. The van der Waals surface area contributed by atoms with E-state index < -0.39 is 10.0 Å². The van der Waals surface area contributed by atoms with Crippen molar-refractivity contribution in [3.05, 3.63) is 46.7 Å². The van der Waals surface area contributed by atoms with Crippen LogP contribution in [0.3, 0.4) is 0 Å². The van der Waals surface area contributed by atoms with E-state index in [0.717, 1.165) is 0 Å². The van der Waals surface area contributed by atoms with Crippen LogP contribution in [0.4, 0.5) is 0 Å². The van der Waals surface area contributed by atoms with Gasteiger partial charge >= 0.3 is 0 Å². The van der Waals surface area contributed by atoms with Gasteiger partial charge in [-0.25, -0.2) is 13.1 Å². The van der Waals surface area contributed by atoms with Crippen molar-refractivity contribution < 1.29 is 8.42 Å². The molecule has 0 aliphatic carbocycles. The third-order valence-corrected chi connectivity index (χ3v) is 4.25. The number of hydrogen-bond acceptors (Lipinski definition) is 4. The standard InChI is InChI=1S/C11H9ClN4O2S/c12-10-2-1-8(4-13)3-11(10)19(17,18)16-7-9-5-14-15-6-9/h1-3,5-6,16H,7H2,(H,14,15). The van der Waals surface area contributed by atoms with E-state index in [1.54, 1.807) is 6.20 Å². The van der Waals surface area contributed by atoms with E-state index in [4.69, 9.17) is 16.9 Å². The molecule has 1 aromatic carbocycles. The van der Waals surface area contributed by atoms with Gasteiger partial charge in [-0.05, 0) is 18.2 Å². The molecule has 98 valence electrons. The van der Waals surface area contributed by atoms with E-state index in [1.165, 1.54) is 24.4 Å². The molecule has 0 bridgehead atoms. The van der Waals surface area contributed by atoms with Crippen LogP contribution in [-0.4, -0.2) is 18.6 Å². The number of benzene rings is 1. The Balaban J connectivity index is 2.27. The van der Waals surface area contributed by atoms with Crippen LogP contribution in [-0.2, 0) is 16.6 Å². The maximum Gasteiger partial charge on any atom is 0.242 e. The van der Waals surface area contributed by atoms with E-state index in [2.05, 4.69) is 14.9 Å². The number of sulfonamides is 1. The quantitative estimate of drug-likeness (QED) is 0.891. The maximum atomic E-state index is 12.1. The summed E-state index contributed by atoms with van der Waals surface area (Å²) in [5.41, 5.74) is 0.921. The van der Waals surface area contributed by atoms with Gasteiger partial charge in [0.05, 0.1) is 22.9 Å². The zero-order chi connectivity index (χ0) is 13.9. The van der Waals surface area contributed by atoms with Crippen molar-refractivity contribution in [1.82, 2.24) is 14.9 Å². The predicted octanol–water partition coefficient (Wildman–Crippen LogP) is 1.41. The molecule has 1 heterocycles. The zero-order valence-electron chi connectivity index (χ0n) is 9.59. The molecule has 0 aliphatic rings. The summed E-state index contributed by atoms with van der Waals surface area (Å²) in [4.78, 5) is -0.114. The van der Waals surface area contributed by atoms with E-state index in [1.807, 2.05) is 6.07 Å². The van der Waals surface area contributed by atoms with Crippen molar-refractivity contribution in [1.29, 1.82) is 5.26 Å². The number of aromatic amines is 1. The lowest BCUT2D eigenvalue weighted by Gasteiger charge is -2.07. The van der Waals surface area contributed by atoms with E-state index in [-0.39, 0.29) is 22.0 Å². The van der Waals surface area contributed by atoms with Crippen LogP contribution < -0.4 is 4.72 Å². The molecular formula is C11H9ClN4O2S. The van der Waals surface area contributed by atoms with Gasteiger partial charge in [-0.3, -0.25) is 5.10 Å². The third-order valence-electron chi connectivity index (χ3n) is 2.37. The zero-order valence-corrected chi connectivity index (χ0v) is 11.2. The van der Waals surface area contributed by atoms with Crippen molar-refractivity contribution in [2.45, 2.75) is 11.4 Å². The second kappa shape index (κ2) is 5.40. The van der Waals surface area contributed by atoms with Gasteiger partial charge < -0.3 is 0 Å². The summed E-state index contributed by atoms with van der Waals surface area (Å²) in [6, 6.07) is 5.94. The first-order valence-electron chi connectivity index (χ1n) is 5.20. The highest BCUT2D eigenvalue weighted by Crippen LogP contribution is 2.22. The van der Waals surface area contributed by atoms with E-state index in [0.29, 0.717) is 5.56 Å². The highest BCUT2D eigenvalue weighted by atomic mass is 35.5. The van der Waals surface area contributed by atoms with E-state index >= 15 is 0 Å². The lowest BCUT2D eigenvalue weighted by Crippen LogP contribution is -2.23. The molecule has 2 rings (SSSR count). The van der Waals surface area contributed by atoms with Gasteiger partial charge in [0, 0.05) is 18.3 Å². The van der Waals surface area contributed by atoms with Crippen molar-refractivity contribution >= 4 is 21.6 Å². The van der Waals surface area contributed by atoms with Crippen LogP contribution in [0.1, 0.15) is 11.1 Å². The second-order valence-corrected chi connectivity index (χ2v) is 5.83. The highest BCUT2D eigenvalue weighted by molar-refractivity contribution is 7.89. The van der Waals surface area contributed by atoms with Crippen LogP contribution in [0, 0.1) is 11.3 Å². The van der Waals surface area contributed by atoms with Gasteiger partial charge in [0.25, 0.3) is 0 Å². The van der Waals surface area contributed by atoms with Gasteiger partial charge in [-0.15, -0.1) is 0 Å². The Hall–Kier alpha value is -1.88. The topological polar surface area (TPSA) is 98.6 Å². The number of rotatable bonds is 4. The summed E-state index contributed by atoms with van der Waals surface area (Å²) in [6.07, 6.45) is 3.09. The normalized spacial score (nSPS) is 11.2. The first-order chi connectivity index (χ1) is 9.03. The Bertz CT molecular complexity index is 720. The van der Waals surface area contributed by atoms with Crippen LogP contribution in [0.25, 0.3) is 0 Å². The molecule has 6 nitrogen and oxygen atoms in total. The van der Waals surface area contributed by atoms with Crippen LogP contribution in [0.15, 0.2) is 35.5 Å². The second-order valence-electron chi connectivity index (χ2n) is 3.69. The minimum atomic E-state index is -3.77. The minimum absolute atomic E-state index is 0.0682. The molecule has 0 saturated carbocycles. The van der Waals surface area contributed by atoms with Crippen molar-refractivity contribution in [3.63, 3.8) is 0 Å². The summed E-state index contributed by atoms with van der Waals surface area (Å²) < 4.78 is 26.5. The molecule has 0 atom stereocenters. The summed E-state index contributed by atoms with van der Waals surface area (Å²) in [5.74, 6) is 0. The molecule has 0 saturated heterocycles. The molecule has 2 aromatic rings. The molecule has 0 spiro atoms. The Morgan fingerprint density at radius 3 is 2.89 bits per heavy atom. The fourth-order valence-corrected chi connectivity index (χ4v) is 2.95. The molecular weight excluding hydrogens is 288 g/mol. The fourth-order valence-electron chi connectivity index (χ4n) is 1.41. The monoisotopic (exact) mass is 296 g/mol. The van der Waals surface area contributed by atoms with Crippen molar-refractivity contribution in [3.8, 4) is 6.07 Å². The van der Waals surface area contributed by atoms with Gasteiger partial charge in [0.1, 0.15) is 4.90 Å².